The van der Waals surface area contributed by atoms with Gasteiger partial charge in [0.1, 0.15) is 17.3 Å². The van der Waals surface area contributed by atoms with Gasteiger partial charge in [-0.05, 0) is 49.7 Å². The number of ether oxygens (including phenoxy) is 3. The van der Waals surface area contributed by atoms with Gasteiger partial charge >= 0.3 is 12.1 Å². The lowest BCUT2D eigenvalue weighted by molar-refractivity contribution is -0.152. The number of carbonyl (C=O) groups excluding carboxylic acids is 3. The zero-order chi connectivity index (χ0) is 25.4. The summed E-state index contributed by atoms with van der Waals surface area (Å²) >= 11 is 9.69. The molecular formula is C22H26BrClFN3O6. The molecule has 34 heavy (non-hydrogen) atoms. The van der Waals surface area contributed by atoms with E-state index < -0.39 is 41.7 Å². The number of ketones is 1. The summed E-state index contributed by atoms with van der Waals surface area (Å²) in [6, 6.07) is -1.21. The molecule has 186 valence electrons. The van der Waals surface area contributed by atoms with E-state index in [1.165, 1.54) is 13.3 Å². The first-order valence-corrected chi connectivity index (χ1v) is 11.8. The normalized spacial score (nSPS) is 19.2. The summed E-state index contributed by atoms with van der Waals surface area (Å²) in [7, 11) is 1.44. The average Bonchev–Trinajstić information content (AvgIpc) is 3.32. The van der Waals surface area contributed by atoms with Gasteiger partial charge in [0.15, 0.2) is 11.5 Å². The molecule has 0 radical (unpaired) electrons. The molecule has 1 aliphatic rings. The SMILES string of the molecule is CCOC(=O)[C@@H](C(=O)[C@H]1C[C@@H](F)CN1C(=O)OC(C)(C)C)n1cc2c(Cl)cc(Br)c(OC)c2n1. The van der Waals surface area contributed by atoms with Crippen LogP contribution >= 0.6 is 27.5 Å². The first-order chi connectivity index (χ1) is 15.9. The third-order valence-corrected chi connectivity index (χ3v) is 6.03. The fraction of sp³-hybridized carbons (Fsp3) is 0.545. The predicted molar refractivity (Wildman–Crippen MR) is 126 cm³/mol. The highest BCUT2D eigenvalue weighted by Gasteiger charge is 2.46. The Labute approximate surface area is 209 Å². The fourth-order valence-corrected chi connectivity index (χ4v) is 4.72. The topological polar surface area (TPSA) is 100.0 Å². The van der Waals surface area contributed by atoms with Crippen LogP contribution in [0.1, 0.15) is 40.2 Å². The molecule has 1 fully saturated rings. The number of esters is 1. The highest BCUT2D eigenvalue weighted by Crippen LogP contribution is 2.38. The highest BCUT2D eigenvalue weighted by atomic mass is 79.9. The van der Waals surface area contributed by atoms with Gasteiger partial charge in [-0.25, -0.2) is 18.7 Å². The number of nitrogens with zero attached hydrogens (tertiary/aromatic N) is 3. The summed E-state index contributed by atoms with van der Waals surface area (Å²) in [5.74, 6) is -1.28. The molecule has 1 saturated heterocycles. The van der Waals surface area contributed by atoms with Gasteiger partial charge in [-0.1, -0.05) is 11.6 Å². The molecule has 0 saturated carbocycles. The van der Waals surface area contributed by atoms with Crippen LogP contribution < -0.4 is 4.74 Å². The summed E-state index contributed by atoms with van der Waals surface area (Å²) in [4.78, 5) is 40.2. The van der Waals surface area contributed by atoms with Gasteiger partial charge in [0, 0.05) is 18.0 Å². The fourth-order valence-electron chi connectivity index (χ4n) is 3.76. The van der Waals surface area contributed by atoms with Gasteiger partial charge < -0.3 is 14.2 Å². The van der Waals surface area contributed by atoms with Crippen LogP contribution in [0.4, 0.5) is 9.18 Å². The Morgan fingerprint density at radius 3 is 2.62 bits per heavy atom. The molecule has 3 rings (SSSR count). The van der Waals surface area contributed by atoms with Crippen LogP contribution in [0.5, 0.6) is 5.75 Å². The quantitative estimate of drug-likeness (QED) is 0.378. The van der Waals surface area contributed by atoms with Crippen LogP contribution in [0.15, 0.2) is 16.7 Å². The molecule has 1 aliphatic heterocycles. The molecule has 12 heteroatoms. The van der Waals surface area contributed by atoms with Gasteiger partial charge in [-0.3, -0.25) is 9.69 Å². The van der Waals surface area contributed by atoms with Crippen LogP contribution in [0, 0.1) is 0 Å². The summed E-state index contributed by atoms with van der Waals surface area (Å²) in [6.07, 6.45) is -1.14. The lowest BCUT2D eigenvalue weighted by Gasteiger charge is -2.29. The summed E-state index contributed by atoms with van der Waals surface area (Å²) in [5, 5.41) is 5.12. The van der Waals surface area contributed by atoms with E-state index in [9.17, 15) is 18.8 Å². The van der Waals surface area contributed by atoms with Gasteiger partial charge in [0.25, 0.3) is 0 Å². The van der Waals surface area contributed by atoms with Crippen LogP contribution in [0.25, 0.3) is 10.9 Å². The number of aromatic nitrogens is 2. The first kappa shape index (κ1) is 26.2. The van der Waals surface area contributed by atoms with Crippen molar-refractivity contribution < 1.29 is 33.0 Å². The van der Waals surface area contributed by atoms with E-state index >= 15 is 0 Å². The molecule has 1 amide bonds. The maximum atomic E-state index is 14.4. The van der Waals surface area contributed by atoms with Crippen LogP contribution in [0.3, 0.4) is 0 Å². The molecule has 0 spiro atoms. The molecule has 0 bridgehead atoms. The van der Waals surface area contributed by atoms with Crippen molar-refractivity contribution in [3.8, 4) is 5.75 Å². The minimum atomic E-state index is -1.58. The molecule has 9 nitrogen and oxygen atoms in total. The number of rotatable bonds is 6. The largest absolute Gasteiger partial charge is 0.493 e. The van der Waals surface area contributed by atoms with Gasteiger partial charge in [-0.15, -0.1) is 0 Å². The van der Waals surface area contributed by atoms with E-state index in [0.29, 0.717) is 26.1 Å². The Morgan fingerprint density at radius 1 is 1.35 bits per heavy atom. The van der Waals surface area contributed by atoms with Crippen molar-refractivity contribution in [3.05, 3.63) is 21.8 Å². The molecular weight excluding hydrogens is 537 g/mol. The van der Waals surface area contributed by atoms with Crippen molar-refractivity contribution in [1.82, 2.24) is 14.7 Å². The number of methoxy groups -OCH3 is 1. The minimum absolute atomic E-state index is 0.00517. The summed E-state index contributed by atoms with van der Waals surface area (Å²) in [5.41, 5.74) is -0.539. The predicted octanol–water partition coefficient (Wildman–Crippen LogP) is 4.48. The van der Waals surface area contributed by atoms with E-state index in [0.717, 1.165) is 9.58 Å². The molecule has 1 aromatic carbocycles. The Hall–Kier alpha value is -2.40. The Balaban J connectivity index is 2.06. The molecule has 3 atom stereocenters. The maximum absolute atomic E-state index is 14.4. The van der Waals surface area contributed by atoms with E-state index in [1.807, 2.05) is 0 Å². The van der Waals surface area contributed by atoms with Crippen molar-refractivity contribution in [2.45, 2.75) is 58.0 Å². The second-order valence-corrected chi connectivity index (χ2v) is 10.0. The zero-order valence-electron chi connectivity index (χ0n) is 19.4. The van der Waals surface area contributed by atoms with Gasteiger partial charge in [0.2, 0.25) is 6.04 Å². The number of carbonyl (C=O) groups is 3. The molecule has 2 heterocycles. The lowest BCUT2D eigenvalue weighted by atomic mass is 10.0. The highest BCUT2D eigenvalue weighted by molar-refractivity contribution is 9.10. The third-order valence-electron chi connectivity index (χ3n) is 5.13. The number of alkyl halides is 1. The smallest absolute Gasteiger partial charge is 0.411 e. The molecule has 0 N–H and O–H groups in total. The van der Waals surface area contributed by atoms with Crippen molar-refractivity contribution >= 4 is 56.3 Å². The number of amides is 1. The average molecular weight is 563 g/mol. The zero-order valence-corrected chi connectivity index (χ0v) is 21.8. The van der Waals surface area contributed by atoms with E-state index in [2.05, 4.69) is 21.0 Å². The standard InChI is InChI=1S/C22H26BrClFN3O6/c1-6-33-20(30)17(28-10-12-14(24)8-13(23)19(32-5)16(12)26-28)18(29)15-7-11(25)9-27(15)21(31)34-22(2,3)4/h8,10-11,15,17H,6-7,9H2,1-5H3/t11-,15-,17-/m1/s1. The Morgan fingerprint density at radius 2 is 2.03 bits per heavy atom. The number of likely N-dealkylation sites (tertiary alicyclic amines) is 1. The number of hydrogen-bond acceptors (Lipinski definition) is 7. The Bertz CT molecular complexity index is 1120. The molecule has 2 aromatic rings. The van der Waals surface area contributed by atoms with Crippen molar-refractivity contribution in [3.63, 3.8) is 0 Å². The summed E-state index contributed by atoms with van der Waals surface area (Å²) < 4.78 is 31.9. The van der Waals surface area contributed by atoms with E-state index in [1.54, 1.807) is 33.8 Å². The van der Waals surface area contributed by atoms with Gasteiger partial charge in [0.05, 0.1) is 35.8 Å². The number of hydrogen-bond donors (Lipinski definition) is 0. The number of halogens is 3. The monoisotopic (exact) mass is 561 g/mol. The maximum Gasteiger partial charge on any atom is 0.411 e. The number of benzene rings is 1. The van der Waals surface area contributed by atoms with Crippen molar-refractivity contribution in [2.75, 3.05) is 20.3 Å². The third kappa shape index (κ3) is 5.30. The summed E-state index contributed by atoms with van der Waals surface area (Å²) in [6.45, 7) is 6.26. The van der Waals surface area contributed by atoms with Crippen LogP contribution in [-0.4, -0.2) is 70.6 Å². The number of fused-ring (bicyclic) bond motifs is 1. The van der Waals surface area contributed by atoms with Crippen LogP contribution in [0.2, 0.25) is 5.02 Å². The van der Waals surface area contributed by atoms with Crippen molar-refractivity contribution in [1.29, 1.82) is 0 Å². The molecule has 0 aliphatic carbocycles. The Kier molecular flexibility index (Phi) is 7.76. The lowest BCUT2D eigenvalue weighted by Crippen LogP contribution is -2.47. The first-order valence-electron chi connectivity index (χ1n) is 10.6. The van der Waals surface area contributed by atoms with E-state index in [4.69, 9.17) is 25.8 Å². The second kappa shape index (κ2) is 10.1. The van der Waals surface area contributed by atoms with E-state index in [-0.39, 0.29) is 19.6 Å². The second-order valence-electron chi connectivity index (χ2n) is 8.78. The molecule has 0 unspecified atom stereocenters. The van der Waals surface area contributed by atoms with Gasteiger partial charge in [-0.2, -0.15) is 5.10 Å². The minimum Gasteiger partial charge on any atom is -0.493 e. The number of Topliss-reactive ketones (excluding diaryl/α,β-unsaturated/α-hetero) is 1. The molecule has 1 aromatic heterocycles. The van der Waals surface area contributed by atoms with Crippen molar-refractivity contribution in [2.24, 2.45) is 0 Å². The van der Waals surface area contributed by atoms with Crippen LogP contribution in [-0.2, 0) is 19.1 Å².